The Bertz CT molecular complexity index is 432. The first-order valence-electron chi connectivity index (χ1n) is 5.21. The number of hydrogen-bond acceptors (Lipinski definition) is 4. The van der Waals surface area contributed by atoms with Gasteiger partial charge in [-0.2, -0.15) is 5.10 Å². The van der Waals surface area contributed by atoms with Gasteiger partial charge in [-0.15, -0.1) is 0 Å². The fourth-order valence-corrected chi connectivity index (χ4v) is 2.01. The maximum Gasteiger partial charge on any atom is 0.143 e. The summed E-state index contributed by atoms with van der Waals surface area (Å²) < 4.78 is 5.21. The van der Waals surface area contributed by atoms with Crippen molar-refractivity contribution in [3.05, 3.63) is 27.7 Å². The van der Waals surface area contributed by atoms with Crippen molar-refractivity contribution in [1.29, 1.82) is 0 Å². The maximum atomic E-state index is 9.73. The van der Waals surface area contributed by atoms with Crippen LogP contribution in [0.15, 0.2) is 17.2 Å². The third-order valence-corrected chi connectivity index (χ3v) is 2.91. The fourth-order valence-electron chi connectivity index (χ4n) is 1.50. The number of halogens is 2. The summed E-state index contributed by atoms with van der Waals surface area (Å²) in [4.78, 5) is 0. The van der Waals surface area contributed by atoms with Gasteiger partial charge in [0.05, 0.1) is 37.5 Å². The first-order chi connectivity index (χ1) is 8.16. The molecule has 1 fully saturated rings. The third kappa shape index (κ3) is 3.25. The molecule has 6 heteroatoms. The lowest BCUT2D eigenvalue weighted by Crippen LogP contribution is -2.32. The Kier molecular flexibility index (Phi) is 4.10. The fraction of sp³-hybridized carbons (Fsp3) is 0.364. The summed E-state index contributed by atoms with van der Waals surface area (Å²) in [5, 5.41) is 16.5. The zero-order valence-electron chi connectivity index (χ0n) is 9.07. The number of phenolic OH excluding ortho intramolecular Hbond substituents is 1. The van der Waals surface area contributed by atoms with E-state index in [2.05, 4.69) is 5.10 Å². The zero-order valence-corrected chi connectivity index (χ0v) is 10.6. The molecule has 17 heavy (non-hydrogen) atoms. The van der Waals surface area contributed by atoms with E-state index < -0.39 is 0 Å². The minimum atomic E-state index is -0.00641. The molecule has 92 valence electrons. The van der Waals surface area contributed by atoms with E-state index in [1.165, 1.54) is 6.07 Å². The lowest BCUT2D eigenvalue weighted by atomic mass is 10.2. The molecule has 1 N–H and O–H groups in total. The third-order valence-electron chi connectivity index (χ3n) is 2.41. The van der Waals surface area contributed by atoms with E-state index in [-0.39, 0.29) is 10.8 Å². The lowest BCUT2D eigenvalue weighted by molar-refractivity contribution is 0.0397. The van der Waals surface area contributed by atoms with Crippen molar-refractivity contribution in [1.82, 2.24) is 5.01 Å². The van der Waals surface area contributed by atoms with E-state index in [9.17, 15) is 5.11 Å². The molecule has 0 aliphatic carbocycles. The van der Waals surface area contributed by atoms with E-state index in [0.29, 0.717) is 23.8 Å². The molecule has 0 atom stereocenters. The van der Waals surface area contributed by atoms with Gasteiger partial charge < -0.3 is 9.84 Å². The van der Waals surface area contributed by atoms with E-state index in [1.54, 1.807) is 12.3 Å². The summed E-state index contributed by atoms with van der Waals surface area (Å²) in [6, 6.07) is 3.11. The van der Waals surface area contributed by atoms with Gasteiger partial charge in [-0.1, -0.05) is 23.2 Å². The minimum absolute atomic E-state index is 0.00641. The van der Waals surface area contributed by atoms with Crippen molar-refractivity contribution in [3.63, 3.8) is 0 Å². The van der Waals surface area contributed by atoms with E-state index in [4.69, 9.17) is 27.9 Å². The van der Waals surface area contributed by atoms with Gasteiger partial charge in [0.2, 0.25) is 0 Å². The van der Waals surface area contributed by atoms with Gasteiger partial charge in [0.15, 0.2) is 0 Å². The van der Waals surface area contributed by atoms with Crippen molar-refractivity contribution < 1.29 is 9.84 Å². The molecule has 0 spiro atoms. The van der Waals surface area contributed by atoms with Gasteiger partial charge in [0.1, 0.15) is 5.75 Å². The van der Waals surface area contributed by atoms with Crippen molar-refractivity contribution >= 4 is 29.4 Å². The Hall–Kier alpha value is -0.970. The van der Waals surface area contributed by atoms with Crippen LogP contribution >= 0.6 is 23.2 Å². The quantitative estimate of drug-likeness (QED) is 0.843. The zero-order chi connectivity index (χ0) is 12.3. The summed E-state index contributed by atoms with van der Waals surface area (Å²) in [5.41, 5.74) is 0.508. The molecule has 1 aromatic carbocycles. The molecule has 0 aromatic heterocycles. The monoisotopic (exact) mass is 274 g/mol. The van der Waals surface area contributed by atoms with Crippen LogP contribution in [0.1, 0.15) is 5.56 Å². The number of aromatic hydroxyl groups is 1. The van der Waals surface area contributed by atoms with Crippen LogP contribution < -0.4 is 0 Å². The molecule has 4 nitrogen and oxygen atoms in total. The van der Waals surface area contributed by atoms with Gasteiger partial charge in [0, 0.05) is 10.6 Å². The summed E-state index contributed by atoms with van der Waals surface area (Å²) in [6.07, 6.45) is 1.55. The molecule has 1 aliphatic heterocycles. The molecule has 0 bridgehead atoms. The van der Waals surface area contributed by atoms with Crippen molar-refractivity contribution in [2.24, 2.45) is 5.10 Å². The van der Waals surface area contributed by atoms with Gasteiger partial charge in [-0.3, -0.25) is 5.01 Å². The SMILES string of the molecule is Oc1c(Cl)cc(Cl)cc1/C=N/N1CCOCC1. The van der Waals surface area contributed by atoms with Gasteiger partial charge in [-0.05, 0) is 12.1 Å². The second kappa shape index (κ2) is 5.58. The highest BCUT2D eigenvalue weighted by Crippen LogP contribution is 2.30. The molecule has 0 unspecified atom stereocenters. The minimum Gasteiger partial charge on any atom is -0.506 e. The summed E-state index contributed by atoms with van der Waals surface area (Å²) in [7, 11) is 0. The highest BCUT2D eigenvalue weighted by Gasteiger charge is 2.09. The molecule has 0 amide bonds. The van der Waals surface area contributed by atoms with Crippen molar-refractivity contribution in [2.75, 3.05) is 26.3 Å². The first-order valence-corrected chi connectivity index (χ1v) is 5.97. The summed E-state index contributed by atoms with van der Waals surface area (Å²) >= 11 is 11.7. The Labute approximate surface area is 109 Å². The van der Waals surface area contributed by atoms with Gasteiger partial charge in [-0.25, -0.2) is 0 Å². The first kappa shape index (κ1) is 12.5. The number of morpholine rings is 1. The molecular formula is C11H12Cl2N2O2. The van der Waals surface area contributed by atoms with Gasteiger partial charge in [0.25, 0.3) is 0 Å². The molecule has 1 saturated heterocycles. The average Bonchev–Trinajstić information content (AvgIpc) is 2.33. The number of nitrogens with zero attached hydrogens (tertiary/aromatic N) is 2. The smallest absolute Gasteiger partial charge is 0.143 e. The Morgan fingerprint density at radius 2 is 2.00 bits per heavy atom. The average molecular weight is 275 g/mol. The Morgan fingerprint density at radius 1 is 1.29 bits per heavy atom. The molecular weight excluding hydrogens is 263 g/mol. The summed E-state index contributed by atoms with van der Waals surface area (Å²) in [5.74, 6) is -0.00641. The van der Waals surface area contributed by atoms with Crippen LogP contribution in [0.4, 0.5) is 0 Å². The maximum absolute atomic E-state index is 9.73. The number of benzene rings is 1. The number of rotatable bonds is 2. The molecule has 1 aromatic rings. The molecule has 1 heterocycles. The van der Waals surface area contributed by atoms with Crippen LogP contribution in [0, 0.1) is 0 Å². The van der Waals surface area contributed by atoms with Crippen LogP contribution in [-0.2, 0) is 4.74 Å². The molecule has 1 aliphatic rings. The molecule has 0 saturated carbocycles. The lowest BCUT2D eigenvalue weighted by Gasteiger charge is -2.23. The van der Waals surface area contributed by atoms with Crippen molar-refractivity contribution in [2.45, 2.75) is 0 Å². The predicted octanol–water partition coefficient (Wildman–Crippen LogP) is 2.37. The highest BCUT2D eigenvalue weighted by atomic mass is 35.5. The summed E-state index contributed by atoms with van der Waals surface area (Å²) in [6.45, 7) is 2.82. The molecule has 2 rings (SSSR count). The number of hydrogen-bond donors (Lipinski definition) is 1. The number of ether oxygens (including phenoxy) is 1. The highest BCUT2D eigenvalue weighted by molar-refractivity contribution is 6.36. The Morgan fingerprint density at radius 3 is 2.71 bits per heavy atom. The van der Waals surface area contributed by atoms with Crippen LogP contribution in [0.3, 0.4) is 0 Å². The second-order valence-electron chi connectivity index (χ2n) is 3.64. The van der Waals surface area contributed by atoms with Crippen LogP contribution in [0.2, 0.25) is 10.0 Å². The van der Waals surface area contributed by atoms with Gasteiger partial charge >= 0.3 is 0 Å². The molecule has 0 radical (unpaired) electrons. The van der Waals surface area contributed by atoms with E-state index in [1.807, 2.05) is 5.01 Å². The van der Waals surface area contributed by atoms with Crippen molar-refractivity contribution in [3.8, 4) is 5.75 Å². The number of hydrazone groups is 1. The second-order valence-corrected chi connectivity index (χ2v) is 4.48. The van der Waals surface area contributed by atoms with Crippen LogP contribution in [0.5, 0.6) is 5.75 Å². The van der Waals surface area contributed by atoms with E-state index >= 15 is 0 Å². The van der Waals surface area contributed by atoms with Crippen LogP contribution in [-0.4, -0.2) is 42.6 Å². The van der Waals surface area contributed by atoms with E-state index in [0.717, 1.165) is 13.1 Å². The predicted molar refractivity (Wildman–Crippen MR) is 68.1 cm³/mol. The van der Waals surface area contributed by atoms with Crippen LogP contribution in [0.25, 0.3) is 0 Å². The largest absolute Gasteiger partial charge is 0.506 e. The number of phenols is 1. The topological polar surface area (TPSA) is 45.1 Å². The Balaban J connectivity index is 2.14. The normalized spacial score (nSPS) is 16.7. The standard InChI is InChI=1S/C11H12Cl2N2O2/c12-9-5-8(11(16)10(13)6-9)7-14-15-1-3-17-4-2-15/h5-7,16H,1-4H2/b14-7+.